The number of amides is 1. The Morgan fingerprint density at radius 1 is 1.42 bits per heavy atom. The van der Waals surface area contributed by atoms with Gasteiger partial charge in [-0.2, -0.15) is 5.26 Å². The molecule has 1 saturated heterocycles. The van der Waals surface area contributed by atoms with E-state index < -0.39 is 0 Å². The molecule has 0 saturated carbocycles. The van der Waals surface area contributed by atoms with Crippen LogP contribution in [0.4, 0.5) is 5.69 Å². The van der Waals surface area contributed by atoms with E-state index >= 15 is 0 Å². The van der Waals surface area contributed by atoms with Crippen LogP contribution in [0.15, 0.2) is 30.9 Å². The lowest BCUT2D eigenvalue weighted by atomic mass is 9.97. The number of nitrogens with zero attached hydrogens (tertiary/aromatic N) is 4. The number of fused-ring (bicyclic) bond motifs is 3. The van der Waals surface area contributed by atoms with E-state index in [4.69, 9.17) is 5.26 Å². The molecule has 7 nitrogen and oxygen atoms in total. The van der Waals surface area contributed by atoms with Gasteiger partial charge < -0.3 is 15.2 Å². The van der Waals surface area contributed by atoms with Gasteiger partial charge in [-0.3, -0.25) is 9.78 Å². The summed E-state index contributed by atoms with van der Waals surface area (Å²) in [4.78, 5) is 26.1. The van der Waals surface area contributed by atoms with E-state index in [1.165, 1.54) is 0 Å². The Hall–Kier alpha value is -3.14. The number of hydrogen-bond acceptors (Lipinski definition) is 5. The molecule has 2 unspecified atom stereocenters. The summed E-state index contributed by atoms with van der Waals surface area (Å²) in [6, 6.07) is 4.32. The molecule has 4 rings (SSSR count). The largest absolute Gasteiger partial charge is 0.365 e. The number of pyridine rings is 2. The highest BCUT2D eigenvalue weighted by molar-refractivity contribution is 6.11. The monoisotopic (exact) mass is 348 g/mol. The predicted molar refractivity (Wildman–Crippen MR) is 99.6 cm³/mol. The number of piperidine rings is 1. The molecule has 0 aromatic carbocycles. The SMILES string of the molecule is CC1CCC(NC(=O)CC#N)CN1c1cncc2cnc3[nH]ccc3c12. The van der Waals surface area contributed by atoms with Gasteiger partial charge in [0.1, 0.15) is 12.1 Å². The third-order valence-corrected chi connectivity index (χ3v) is 5.08. The molecule has 4 heterocycles. The van der Waals surface area contributed by atoms with Crippen molar-refractivity contribution in [1.82, 2.24) is 20.3 Å². The van der Waals surface area contributed by atoms with Gasteiger partial charge in [0.25, 0.3) is 0 Å². The molecule has 0 spiro atoms. The van der Waals surface area contributed by atoms with E-state index in [1.54, 1.807) is 0 Å². The van der Waals surface area contributed by atoms with E-state index in [-0.39, 0.29) is 18.4 Å². The molecule has 1 aliphatic rings. The van der Waals surface area contributed by atoms with Crippen molar-refractivity contribution in [3.05, 3.63) is 30.9 Å². The van der Waals surface area contributed by atoms with Crippen molar-refractivity contribution in [2.24, 2.45) is 0 Å². The average Bonchev–Trinajstić information content (AvgIpc) is 3.12. The fraction of sp³-hybridized carbons (Fsp3) is 0.368. The number of nitriles is 1. The van der Waals surface area contributed by atoms with Crippen molar-refractivity contribution in [2.45, 2.75) is 38.3 Å². The first-order chi connectivity index (χ1) is 12.7. The van der Waals surface area contributed by atoms with E-state index in [9.17, 15) is 4.79 Å². The predicted octanol–water partition coefficient (Wildman–Crippen LogP) is 2.50. The van der Waals surface area contributed by atoms with Crippen molar-refractivity contribution in [3.8, 4) is 6.07 Å². The topological polar surface area (TPSA) is 97.7 Å². The van der Waals surface area contributed by atoms with Crippen LogP contribution in [0.2, 0.25) is 0 Å². The van der Waals surface area contributed by atoms with Gasteiger partial charge in [-0.15, -0.1) is 0 Å². The number of hydrogen-bond donors (Lipinski definition) is 2. The maximum absolute atomic E-state index is 11.8. The zero-order valence-corrected chi connectivity index (χ0v) is 14.6. The first-order valence-corrected chi connectivity index (χ1v) is 8.80. The normalized spacial score (nSPS) is 20.2. The molecule has 3 aromatic rings. The molecule has 1 fully saturated rings. The van der Waals surface area contributed by atoms with Crippen LogP contribution in [0.5, 0.6) is 0 Å². The Morgan fingerprint density at radius 2 is 2.31 bits per heavy atom. The minimum atomic E-state index is -0.208. The Morgan fingerprint density at radius 3 is 3.15 bits per heavy atom. The van der Waals surface area contributed by atoms with Gasteiger partial charge in [-0.05, 0) is 25.8 Å². The van der Waals surface area contributed by atoms with Crippen LogP contribution in [0.3, 0.4) is 0 Å². The summed E-state index contributed by atoms with van der Waals surface area (Å²) in [6.45, 7) is 2.90. The zero-order valence-electron chi connectivity index (χ0n) is 14.6. The highest BCUT2D eigenvalue weighted by Gasteiger charge is 2.28. The molecule has 0 bridgehead atoms. The molecule has 3 aromatic heterocycles. The summed E-state index contributed by atoms with van der Waals surface area (Å²) in [7, 11) is 0. The van der Waals surface area contributed by atoms with Gasteiger partial charge in [-0.1, -0.05) is 0 Å². The van der Waals surface area contributed by atoms with Crippen LogP contribution < -0.4 is 10.2 Å². The maximum atomic E-state index is 11.8. The van der Waals surface area contributed by atoms with Gasteiger partial charge in [0, 0.05) is 53.4 Å². The Kier molecular flexibility index (Phi) is 4.17. The number of carbonyl (C=O) groups is 1. The summed E-state index contributed by atoms with van der Waals surface area (Å²) in [5.41, 5.74) is 1.91. The number of carbonyl (C=O) groups excluding carboxylic acids is 1. The van der Waals surface area contributed by atoms with Crippen LogP contribution in [-0.4, -0.2) is 39.5 Å². The first kappa shape index (κ1) is 16.3. The Bertz CT molecular complexity index is 1000. The molecular weight excluding hydrogens is 328 g/mol. The lowest BCUT2D eigenvalue weighted by molar-refractivity contribution is -0.120. The van der Waals surface area contributed by atoms with Crippen LogP contribution in [0, 0.1) is 11.3 Å². The van der Waals surface area contributed by atoms with E-state index in [0.717, 1.165) is 40.3 Å². The van der Waals surface area contributed by atoms with Crippen molar-refractivity contribution in [2.75, 3.05) is 11.4 Å². The van der Waals surface area contributed by atoms with Crippen molar-refractivity contribution < 1.29 is 4.79 Å². The van der Waals surface area contributed by atoms with Gasteiger partial charge >= 0.3 is 0 Å². The molecule has 1 amide bonds. The van der Waals surface area contributed by atoms with Gasteiger partial charge in [-0.25, -0.2) is 4.98 Å². The molecule has 2 N–H and O–H groups in total. The van der Waals surface area contributed by atoms with Crippen molar-refractivity contribution in [1.29, 1.82) is 5.26 Å². The molecule has 0 aliphatic carbocycles. The van der Waals surface area contributed by atoms with E-state index in [1.807, 2.05) is 36.9 Å². The van der Waals surface area contributed by atoms with Gasteiger partial charge in [0.05, 0.1) is 18.0 Å². The van der Waals surface area contributed by atoms with Gasteiger partial charge in [0.2, 0.25) is 5.91 Å². The first-order valence-electron chi connectivity index (χ1n) is 8.80. The second kappa shape index (κ2) is 6.64. The second-order valence-electron chi connectivity index (χ2n) is 6.80. The number of H-pyrrole nitrogens is 1. The standard InChI is InChI=1S/C19H20N6O/c1-12-2-3-14(24-17(26)4-6-20)11-25(12)16-10-21-8-13-9-23-19-15(18(13)16)5-7-22-19/h5,7-10,12,14H,2-4,11H2,1H3,(H,22,23)(H,24,26). The third kappa shape index (κ3) is 2.84. The minimum absolute atomic E-state index is 0.0332. The van der Waals surface area contributed by atoms with Gasteiger partial charge in [0.15, 0.2) is 0 Å². The van der Waals surface area contributed by atoms with Crippen LogP contribution in [0.1, 0.15) is 26.2 Å². The highest BCUT2D eigenvalue weighted by atomic mass is 16.1. The number of nitrogens with one attached hydrogen (secondary N) is 2. The molecule has 0 radical (unpaired) electrons. The van der Waals surface area contributed by atoms with E-state index in [2.05, 4.69) is 32.1 Å². The van der Waals surface area contributed by atoms with Crippen LogP contribution >= 0.6 is 0 Å². The van der Waals surface area contributed by atoms with E-state index in [0.29, 0.717) is 12.6 Å². The molecular formula is C19H20N6O. The molecule has 1 aliphatic heterocycles. The van der Waals surface area contributed by atoms with Crippen molar-refractivity contribution in [3.63, 3.8) is 0 Å². The smallest absolute Gasteiger partial charge is 0.234 e. The summed E-state index contributed by atoms with van der Waals surface area (Å²) in [5.74, 6) is -0.208. The van der Waals surface area contributed by atoms with Crippen LogP contribution in [-0.2, 0) is 4.79 Å². The fourth-order valence-electron chi connectivity index (χ4n) is 3.79. The highest BCUT2D eigenvalue weighted by Crippen LogP contribution is 2.34. The summed E-state index contributed by atoms with van der Waals surface area (Å²) >= 11 is 0. The molecule has 2 atom stereocenters. The minimum Gasteiger partial charge on any atom is -0.365 e. The molecule has 7 heteroatoms. The molecule has 132 valence electrons. The number of aromatic amines is 1. The number of aromatic nitrogens is 3. The number of anilines is 1. The van der Waals surface area contributed by atoms with Crippen molar-refractivity contribution >= 4 is 33.4 Å². The lowest BCUT2D eigenvalue weighted by Gasteiger charge is -2.40. The summed E-state index contributed by atoms with van der Waals surface area (Å²) in [6.07, 6.45) is 9.24. The summed E-state index contributed by atoms with van der Waals surface area (Å²) in [5, 5.41) is 14.9. The second-order valence-corrected chi connectivity index (χ2v) is 6.80. The average molecular weight is 348 g/mol. The summed E-state index contributed by atoms with van der Waals surface area (Å²) < 4.78 is 0. The van der Waals surface area contributed by atoms with Crippen LogP contribution in [0.25, 0.3) is 21.8 Å². The third-order valence-electron chi connectivity index (χ3n) is 5.08. The zero-order chi connectivity index (χ0) is 18.1. The fourth-order valence-corrected chi connectivity index (χ4v) is 3.79. The Balaban J connectivity index is 1.72. The molecule has 26 heavy (non-hydrogen) atoms. The maximum Gasteiger partial charge on any atom is 0.234 e. The number of rotatable bonds is 3. The Labute approximate surface area is 151 Å². The lowest BCUT2D eigenvalue weighted by Crippen LogP contribution is -2.51. The quantitative estimate of drug-likeness (QED) is 0.758.